The van der Waals surface area contributed by atoms with Crippen molar-refractivity contribution >= 4 is 5.97 Å². The summed E-state index contributed by atoms with van der Waals surface area (Å²) < 4.78 is 4.99. The second kappa shape index (κ2) is 9.52. The van der Waals surface area contributed by atoms with Crippen molar-refractivity contribution in [2.75, 3.05) is 0 Å². The van der Waals surface area contributed by atoms with Crippen molar-refractivity contribution in [2.45, 2.75) is 59.6 Å². The Bertz CT molecular complexity index is 129. The van der Waals surface area contributed by atoms with Gasteiger partial charge in [0.2, 0.25) is 0 Å². The van der Waals surface area contributed by atoms with E-state index in [0.717, 1.165) is 12.8 Å². The van der Waals surface area contributed by atoms with Crippen LogP contribution in [0.3, 0.4) is 0 Å². The molecular weight excluding hydrogens is 166 g/mol. The van der Waals surface area contributed by atoms with Crippen molar-refractivity contribution in [1.82, 2.24) is 0 Å². The number of nitrogens with two attached hydrogens (primary N) is 1. The van der Waals surface area contributed by atoms with Crippen molar-refractivity contribution in [2.24, 2.45) is 5.73 Å². The van der Waals surface area contributed by atoms with Gasteiger partial charge in [-0.25, -0.2) is 0 Å². The molecule has 0 rings (SSSR count). The van der Waals surface area contributed by atoms with Crippen LogP contribution >= 0.6 is 0 Å². The van der Waals surface area contributed by atoms with Crippen LogP contribution in [0.1, 0.15) is 48.9 Å². The largest absolute Gasteiger partial charge is 0.462 e. The minimum atomic E-state index is -0.505. The fourth-order valence-electron chi connectivity index (χ4n) is 0.771. The van der Waals surface area contributed by atoms with E-state index in [1.807, 2.05) is 20.8 Å². The highest BCUT2D eigenvalue weighted by Crippen LogP contribution is 2.01. The van der Waals surface area contributed by atoms with Gasteiger partial charge in [-0.1, -0.05) is 27.2 Å². The van der Waals surface area contributed by atoms with Gasteiger partial charge < -0.3 is 10.5 Å². The van der Waals surface area contributed by atoms with Gasteiger partial charge in [-0.3, -0.25) is 4.79 Å². The molecule has 2 N–H and O–H groups in total. The first-order valence-corrected chi connectivity index (χ1v) is 5.04. The van der Waals surface area contributed by atoms with E-state index in [1.54, 1.807) is 6.92 Å². The predicted octanol–water partition coefficient (Wildman–Crippen LogP) is 2.34. The quantitative estimate of drug-likeness (QED) is 0.694. The number of hydrogen-bond acceptors (Lipinski definition) is 3. The van der Waals surface area contributed by atoms with Crippen LogP contribution in [0, 0.1) is 0 Å². The van der Waals surface area contributed by atoms with E-state index in [0.29, 0.717) is 0 Å². The number of ether oxygens (including phenoxy) is 1. The molecule has 0 aromatic heterocycles. The number of esters is 1. The molecule has 0 aromatic rings. The maximum Gasteiger partial charge on any atom is 0.322 e. The Hall–Kier alpha value is -0.570. The fraction of sp³-hybridized carbons (Fsp3) is 0.900. The molecule has 0 aromatic carbocycles. The molecule has 3 nitrogen and oxygen atoms in total. The third-order valence-electron chi connectivity index (χ3n) is 1.38. The zero-order valence-electron chi connectivity index (χ0n) is 9.46. The van der Waals surface area contributed by atoms with Crippen LogP contribution in [0.4, 0.5) is 0 Å². The zero-order valence-corrected chi connectivity index (χ0v) is 9.46. The summed E-state index contributed by atoms with van der Waals surface area (Å²) in [4.78, 5) is 10.9. The van der Waals surface area contributed by atoms with Crippen molar-refractivity contribution in [1.29, 1.82) is 0 Å². The summed E-state index contributed by atoms with van der Waals surface area (Å²) in [6, 6.07) is -0.505. The van der Waals surface area contributed by atoms with Crippen molar-refractivity contribution in [3.63, 3.8) is 0 Å². The van der Waals surface area contributed by atoms with Gasteiger partial charge in [-0.2, -0.15) is 0 Å². The molecule has 0 unspecified atom stereocenters. The number of hydrogen-bond donors (Lipinski definition) is 1. The van der Waals surface area contributed by atoms with Gasteiger partial charge >= 0.3 is 5.97 Å². The molecule has 0 heterocycles. The van der Waals surface area contributed by atoms with Gasteiger partial charge in [0.15, 0.2) is 0 Å². The molecule has 0 aliphatic carbocycles. The van der Waals surface area contributed by atoms with Gasteiger partial charge in [0.1, 0.15) is 6.04 Å². The molecule has 13 heavy (non-hydrogen) atoms. The lowest BCUT2D eigenvalue weighted by molar-refractivity contribution is -0.149. The molecule has 0 bridgehead atoms. The molecule has 2 atom stereocenters. The summed E-state index contributed by atoms with van der Waals surface area (Å²) in [7, 11) is 0. The Morgan fingerprint density at radius 3 is 2.23 bits per heavy atom. The molecule has 0 radical (unpaired) electrons. The molecule has 0 saturated heterocycles. The summed E-state index contributed by atoms with van der Waals surface area (Å²) in [6.45, 7) is 9.56. The molecule has 0 fully saturated rings. The van der Waals surface area contributed by atoms with Crippen LogP contribution < -0.4 is 5.73 Å². The Kier molecular flexibility index (Phi) is 10.9. The summed E-state index contributed by atoms with van der Waals surface area (Å²) >= 11 is 0. The second-order valence-electron chi connectivity index (χ2n) is 2.82. The smallest absolute Gasteiger partial charge is 0.322 e. The Labute approximate surface area is 83.1 Å². The van der Waals surface area contributed by atoms with Crippen LogP contribution in [0.5, 0.6) is 0 Å². The fourth-order valence-corrected chi connectivity index (χ4v) is 0.771. The lowest BCUT2D eigenvalue weighted by Crippen LogP contribution is -2.31. The number of carbonyl (C=O) groups is 1. The van der Waals surface area contributed by atoms with Gasteiger partial charge in [-0.15, -0.1) is 0 Å². The molecular formula is C10H25NO2. The maximum atomic E-state index is 10.9. The molecule has 0 saturated carbocycles. The topological polar surface area (TPSA) is 52.3 Å². The van der Waals surface area contributed by atoms with Crippen LogP contribution in [0.15, 0.2) is 0 Å². The van der Waals surface area contributed by atoms with Gasteiger partial charge in [-0.05, 0) is 20.3 Å². The molecule has 0 spiro atoms. The highest BCUT2D eigenvalue weighted by molar-refractivity contribution is 5.75. The minimum Gasteiger partial charge on any atom is -0.462 e. The Morgan fingerprint density at radius 1 is 1.46 bits per heavy atom. The highest BCUT2D eigenvalue weighted by Gasteiger charge is 2.11. The second-order valence-corrected chi connectivity index (χ2v) is 2.82. The lowest BCUT2D eigenvalue weighted by Gasteiger charge is -2.13. The third kappa shape index (κ3) is 9.34. The van der Waals surface area contributed by atoms with Crippen molar-refractivity contribution in [3.05, 3.63) is 0 Å². The first-order chi connectivity index (χ1) is 6.07. The van der Waals surface area contributed by atoms with E-state index in [9.17, 15) is 4.79 Å². The first kappa shape index (κ1) is 14.9. The molecule has 0 aliphatic heterocycles. The summed E-state index contributed by atoms with van der Waals surface area (Å²) in [6.07, 6.45) is 1.92. The normalized spacial score (nSPS) is 13.7. The standard InChI is InChI=1S/C8H17NO2.C2H6.H2/c1-4-5-6(2)11-8(10)7(3)9;1-2;/h6-7H,4-5,9H2,1-3H3;1-2H3;1H/t6-,7-;;/m0../s1. The molecule has 0 amide bonds. The van der Waals surface area contributed by atoms with Crippen molar-refractivity contribution in [3.8, 4) is 0 Å². The van der Waals surface area contributed by atoms with Crippen molar-refractivity contribution < 1.29 is 11.0 Å². The Balaban J connectivity index is -0.000000376. The van der Waals surface area contributed by atoms with Gasteiger partial charge in [0, 0.05) is 1.43 Å². The van der Waals surface area contributed by atoms with Crippen LogP contribution in [0.25, 0.3) is 0 Å². The third-order valence-corrected chi connectivity index (χ3v) is 1.38. The lowest BCUT2D eigenvalue weighted by atomic mass is 10.2. The van der Waals surface area contributed by atoms with E-state index >= 15 is 0 Å². The first-order valence-electron chi connectivity index (χ1n) is 5.04. The summed E-state index contributed by atoms with van der Waals surface area (Å²) in [5.74, 6) is -0.314. The average molecular weight is 191 g/mol. The van der Waals surface area contributed by atoms with Crippen LogP contribution in [0.2, 0.25) is 0 Å². The van der Waals surface area contributed by atoms with E-state index in [-0.39, 0.29) is 13.5 Å². The molecule has 3 heteroatoms. The van der Waals surface area contributed by atoms with Crippen LogP contribution in [-0.4, -0.2) is 18.1 Å². The van der Waals surface area contributed by atoms with E-state index in [1.165, 1.54) is 0 Å². The molecule has 82 valence electrons. The number of rotatable bonds is 4. The van der Waals surface area contributed by atoms with Gasteiger partial charge in [0.25, 0.3) is 0 Å². The van der Waals surface area contributed by atoms with E-state index < -0.39 is 6.04 Å². The molecule has 0 aliphatic rings. The maximum absolute atomic E-state index is 10.9. The number of carbonyl (C=O) groups excluding carboxylic acids is 1. The minimum absolute atomic E-state index is 0. The highest BCUT2D eigenvalue weighted by atomic mass is 16.5. The summed E-state index contributed by atoms with van der Waals surface area (Å²) in [5.41, 5.74) is 5.31. The van der Waals surface area contributed by atoms with E-state index in [2.05, 4.69) is 6.92 Å². The predicted molar refractivity (Wildman–Crippen MR) is 57.6 cm³/mol. The van der Waals surface area contributed by atoms with E-state index in [4.69, 9.17) is 10.5 Å². The van der Waals surface area contributed by atoms with Crippen LogP contribution in [-0.2, 0) is 9.53 Å². The Morgan fingerprint density at radius 2 is 1.92 bits per heavy atom. The monoisotopic (exact) mass is 191 g/mol. The SMILES string of the molecule is CC.CCC[C@H](C)OC(=O)[C@H](C)N.[HH]. The van der Waals surface area contributed by atoms with Gasteiger partial charge in [0.05, 0.1) is 6.10 Å². The average Bonchev–Trinajstić information content (AvgIpc) is 2.08. The summed E-state index contributed by atoms with van der Waals surface area (Å²) in [5, 5.41) is 0. The zero-order chi connectivity index (χ0) is 10.9.